The molecule has 52 heavy (non-hydrogen) atoms. The molecule has 272 valence electrons. The summed E-state index contributed by atoms with van der Waals surface area (Å²) >= 11 is 0. The minimum Gasteiger partial charge on any atom is -0.367 e. The van der Waals surface area contributed by atoms with Crippen LogP contribution in [0.25, 0.3) is 5.57 Å². The molecule has 0 aliphatic heterocycles. The fourth-order valence-corrected chi connectivity index (χ4v) is 7.92. The summed E-state index contributed by atoms with van der Waals surface area (Å²) in [7, 11) is -11.7. The van der Waals surface area contributed by atoms with E-state index >= 15 is 0 Å². The first-order valence-electron chi connectivity index (χ1n) is 16.2. The van der Waals surface area contributed by atoms with E-state index in [0.29, 0.717) is 48.4 Å². The molecule has 0 bridgehead atoms. The summed E-state index contributed by atoms with van der Waals surface area (Å²) in [6.07, 6.45) is 7.61. The molecule has 0 saturated carbocycles. The number of benzene rings is 4. The molecule has 0 fully saturated rings. The van der Waals surface area contributed by atoms with E-state index in [1.807, 2.05) is 71.9 Å². The Kier molecular flexibility index (Phi) is 11.8. The molecule has 0 aromatic heterocycles. The summed E-state index contributed by atoms with van der Waals surface area (Å²) in [6.45, 7) is 5.87. The van der Waals surface area contributed by atoms with Gasteiger partial charge in [0.1, 0.15) is 11.4 Å². The van der Waals surface area contributed by atoms with Crippen molar-refractivity contribution in [2.75, 3.05) is 25.1 Å². The third kappa shape index (κ3) is 9.02. The first-order valence-corrected chi connectivity index (χ1v) is 20.5. The van der Waals surface area contributed by atoms with E-state index in [1.54, 1.807) is 42.5 Å². The fourth-order valence-electron chi connectivity index (χ4n) is 5.96. The van der Waals surface area contributed by atoms with E-state index in [9.17, 15) is 34.4 Å². The van der Waals surface area contributed by atoms with Crippen LogP contribution in [-0.2, 0) is 47.6 Å². The van der Waals surface area contributed by atoms with E-state index in [2.05, 4.69) is 0 Å². The van der Waals surface area contributed by atoms with Crippen molar-refractivity contribution in [3.8, 4) is 0 Å². The highest BCUT2D eigenvalue weighted by molar-refractivity contribution is 7.87. The van der Waals surface area contributed by atoms with Crippen molar-refractivity contribution in [2.45, 2.75) is 41.6 Å². The summed E-state index contributed by atoms with van der Waals surface area (Å²) in [6, 6.07) is 26.5. The fraction of sp³-hybridized carbons (Fsp3) is 0.184. The number of hydrogen-bond donors (Lipinski definition) is 2. The Balaban J connectivity index is 1.56. The number of nitrogens with zero attached hydrogens (tertiary/aromatic N) is 2. The summed E-state index contributed by atoms with van der Waals surface area (Å²) < 4.78 is 99.0. The Bertz CT molecular complexity index is 2410. The minimum absolute atomic E-state index is 0.00320. The lowest BCUT2D eigenvalue weighted by Gasteiger charge is -2.24. The molecule has 1 aliphatic rings. The Morgan fingerprint density at radius 1 is 0.712 bits per heavy atom. The Hall–Kier alpha value is -4.70. The lowest BCUT2D eigenvalue weighted by Crippen LogP contribution is -2.22. The molecule has 0 atom stereocenters. The summed E-state index contributed by atoms with van der Waals surface area (Å²) in [4.78, 5) is 1.68. The Labute approximate surface area is 305 Å². The second-order valence-electron chi connectivity index (χ2n) is 11.9. The largest absolute Gasteiger partial charge is 0.367 e. The van der Waals surface area contributed by atoms with E-state index in [0.717, 1.165) is 29.6 Å². The Morgan fingerprint density at radius 2 is 1.29 bits per heavy atom. The molecule has 14 heteroatoms. The van der Waals surface area contributed by atoms with Crippen molar-refractivity contribution in [2.24, 2.45) is 0 Å². The van der Waals surface area contributed by atoms with Crippen molar-refractivity contribution >= 4 is 47.3 Å². The highest BCUT2D eigenvalue weighted by Gasteiger charge is 2.24. The van der Waals surface area contributed by atoms with Gasteiger partial charge in [0.15, 0.2) is 12.3 Å². The molecule has 5 rings (SSSR count). The van der Waals surface area contributed by atoms with Gasteiger partial charge in [0.2, 0.25) is 0 Å². The van der Waals surface area contributed by atoms with Crippen LogP contribution in [0.2, 0.25) is 0 Å². The van der Waals surface area contributed by atoms with Crippen molar-refractivity contribution in [1.82, 2.24) is 0 Å². The van der Waals surface area contributed by atoms with Crippen LogP contribution in [0.1, 0.15) is 36.1 Å². The highest BCUT2D eigenvalue weighted by atomic mass is 32.2. The zero-order chi connectivity index (χ0) is 37.7. The monoisotopic (exact) mass is 763 g/mol. The molecular weight excluding hydrogens is 725 g/mol. The SMILES string of the molecule is CCN(Cc1cccc(S(=O)(=O)O)c1)c1ccc(C(=C2C=CC(=[N+](CC)Cc3cccc(S(=O)(=O)O)c3)C=C2)c2ccccc2S(=O)(=O)OC)cc1. The molecule has 0 radical (unpaired) electrons. The number of anilines is 1. The molecule has 0 heterocycles. The average molecular weight is 764 g/mol. The summed E-state index contributed by atoms with van der Waals surface area (Å²) in [5.74, 6) is 0. The van der Waals surface area contributed by atoms with Crippen LogP contribution in [-0.4, -0.2) is 64.8 Å². The maximum absolute atomic E-state index is 13.1. The molecule has 2 N–H and O–H groups in total. The van der Waals surface area contributed by atoms with Gasteiger partial charge in [-0.2, -0.15) is 25.3 Å². The van der Waals surface area contributed by atoms with Crippen molar-refractivity contribution in [1.29, 1.82) is 0 Å². The second kappa shape index (κ2) is 15.9. The third-order valence-corrected chi connectivity index (χ3v) is 11.6. The van der Waals surface area contributed by atoms with E-state index in [1.165, 1.54) is 30.3 Å². The van der Waals surface area contributed by atoms with Crippen molar-refractivity contribution < 1.29 is 43.1 Å². The third-order valence-electron chi connectivity index (χ3n) is 8.59. The highest BCUT2D eigenvalue weighted by Crippen LogP contribution is 2.35. The predicted molar refractivity (Wildman–Crippen MR) is 200 cm³/mol. The molecule has 0 unspecified atom stereocenters. The van der Waals surface area contributed by atoms with E-state index in [-0.39, 0.29) is 14.7 Å². The maximum atomic E-state index is 13.1. The Morgan fingerprint density at radius 3 is 1.85 bits per heavy atom. The molecule has 4 aromatic rings. The van der Waals surface area contributed by atoms with Crippen LogP contribution in [0.4, 0.5) is 5.69 Å². The van der Waals surface area contributed by atoms with Crippen LogP contribution in [0.5, 0.6) is 0 Å². The average Bonchev–Trinajstić information content (AvgIpc) is 3.13. The van der Waals surface area contributed by atoms with E-state index < -0.39 is 30.4 Å². The predicted octanol–water partition coefficient (Wildman–Crippen LogP) is 6.14. The molecule has 11 nitrogen and oxygen atoms in total. The van der Waals surface area contributed by atoms with Crippen LogP contribution >= 0.6 is 0 Å². The zero-order valence-corrected chi connectivity index (χ0v) is 31.2. The molecule has 0 spiro atoms. The topological polar surface area (TPSA) is 158 Å². The number of hydrogen-bond acceptors (Lipinski definition) is 8. The van der Waals surface area contributed by atoms with Gasteiger partial charge in [-0.1, -0.05) is 54.6 Å². The van der Waals surface area contributed by atoms with Gasteiger partial charge in [-0.05, 0) is 90.7 Å². The van der Waals surface area contributed by atoms with Gasteiger partial charge in [0.25, 0.3) is 30.4 Å². The van der Waals surface area contributed by atoms with Crippen LogP contribution < -0.4 is 4.90 Å². The minimum atomic E-state index is -4.35. The van der Waals surface area contributed by atoms with Gasteiger partial charge in [0.05, 0.1) is 16.9 Å². The summed E-state index contributed by atoms with van der Waals surface area (Å²) in [5, 5.41) is 0. The molecule has 1 aliphatic carbocycles. The van der Waals surface area contributed by atoms with Crippen molar-refractivity contribution in [3.05, 3.63) is 149 Å². The first-order chi connectivity index (χ1) is 24.6. The van der Waals surface area contributed by atoms with Gasteiger partial charge in [0, 0.05) is 42.1 Å². The smallest absolute Gasteiger partial charge is 0.297 e. The van der Waals surface area contributed by atoms with Gasteiger partial charge in [-0.15, -0.1) is 0 Å². The molecular formula is C38H39N2O9S3+. The molecule has 0 saturated heterocycles. The van der Waals surface area contributed by atoms with Crippen molar-refractivity contribution in [3.63, 3.8) is 0 Å². The second-order valence-corrected chi connectivity index (χ2v) is 16.4. The van der Waals surface area contributed by atoms with E-state index in [4.69, 9.17) is 4.18 Å². The lowest BCUT2D eigenvalue weighted by atomic mass is 9.90. The zero-order valence-electron chi connectivity index (χ0n) is 28.7. The quantitative estimate of drug-likeness (QED) is 0.0921. The summed E-state index contributed by atoms with van der Waals surface area (Å²) in [5.41, 5.74) is 5.61. The lowest BCUT2D eigenvalue weighted by molar-refractivity contribution is -0.539. The van der Waals surface area contributed by atoms with Gasteiger partial charge in [-0.3, -0.25) is 13.3 Å². The van der Waals surface area contributed by atoms with Gasteiger partial charge >= 0.3 is 0 Å². The number of rotatable bonds is 13. The standard InChI is InChI=1S/C38H38N2O9S3/c1-4-39(26-28-10-8-12-34(24-28)50(41,42)43)32-20-16-30(17-21-32)38(36-14-6-7-15-37(36)52(47,48)49-3)31-18-22-33(23-19-31)40(5-2)27-29-11-9-13-35(25-29)51(44,45)46/h6-25H,4-5,26-27H2,1-3H3,(H-,41,42,43,44,45,46)/p+1. The number of allylic oxidation sites excluding steroid dienone is 5. The van der Waals surface area contributed by atoms with Crippen LogP contribution in [0, 0.1) is 0 Å². The molecule has 0 amide bonds. The van der Waals surface area contributed by atoms with Crippen LogP contribution in [0.15, 0.2) is 142 Å². The normalized spacial score (nSPS) is 13.3. The molecule has 4 aromatic carbocycles. The van der Waals surface area contributed by atoms with Crippen LogP contribution in [0.3, 0.4) is 0 Å². The van der Waals surface area contributed by atoms with Gasteiger partial charge in [-0.25, -0.2) is 4.58 Å². The maximum Gasteiger partial charge on any atom is 0.297 e. The first kappa shape index (κ1) is 38.5. The van der Waals surface area contributed by atoms with Gasteiger partial charge < -0.3 is 4.90 Å².